The molecule has 2 heteroatoms. The monoisotopic (exact) mass is 270 g/mol. The summed E-state index contributed by atoms with van der Waals surface area (Å²) in [6.45, 7) is 8.38. The third kappa shape index (κ3) is 15.4. The number of nitrogens with two attached hydrogens (primary N) is 1. The molecular formula is C17H38N2. The molecule has 19 heavy (non-hydrogen) atoms. The first-order valence-electron chi connectivity index (χ1n) is 8.08. The van der Waals surface area contributed by atoms with Crippen LogP contribution >= 0.6 is 0 Å². The summed E-state index contributed by atoms with van der Waals surface area (Å²) in [5.41, 5.74) is 5.11. The molecule has 1 aliphatic rings. The molecule has 1 saturated carbocycles. The Morgan fingerprint density at radius 3 is 2.42 bits per heavy atom. The standard InChI is InChI=1S/C14H25N.C3H9N.2H2/c1-2-3-4-5-9-12-15-13-14-10-7-6-8-11-14;1-3(2)4;;/h14-15H,2,5-13H2,1H3;3H,4H2,1-2H3;2*1H. The van der Waals surface area contributed by atoms with Gasteiger partial charge in [0.15, 0.2) is 0 Å². The molecule has 0 spiro atoms. The molecule has 0 bridgehead atoms. The number of hydrogen-bond acceptors (Lipinski definition) is 2. The second-order valence-corrected chi connectivity index (χ2v) is 5.76. The molecule has 0 aromatic rings. The summed E-state index contributed by atoms with van der Waals surface area (Å²) in [7, 11) is 0. The highest BCUT2D eigenvalue weighted by atomic mass is 14.9. The second kappa shape index (κ2) is 13.9. The summed E-state index contributed by atoms with van der Waals surface area (Å²) in [5, 5.41) is 3.56. The van der Waals surface area contributed by atoms with Crippen LogP contribution in [0.25, 0.3) is 0 Å². The van der Waals surface area contributed by atoms with Crippen molar-refractivity contribution in [3.05, 3.63) is 0 Å². The summed E-state index contributed by atoms with van der Waals surface area (Å²) >= 11 is 0. The van der Waals surface area contributed by atoms with Gasteiger partial charge >= 0.3 is 0 Å². The lowest BCUT2D eigenvalue weighted by Crippen LogP contribution is -2.25. The average Bonchev–Trinajstić information content (AvgIpc) is 2.38. The Hall–Kier alpha value is -0.520. The van der Waals surface area contributed by atoms with Gasteiger partial charge in [-0.15, -0.1) is 11.8 Å². The van der Waals surface area contributed by atoms with Gasteiger partial charge in [-0.3, -0.25) is 0 Å². The number of rotatable bonds is 5. The molecule has 0 aromatic heterocycles. The Kier molecular flexibility index (Phi) is 13.5. The summed E-state index contributed by atoms with van der Waals surface area (Å²) in [6.07, 6.45) is 10.5. The predicted octanol–water partition coefficient (Wildman–Crippen LogP) is 4.20. The van der Waals surface area contributed by atoms with Crippen LogP contribution < -0.4 is 11.1 Å². The molecular weight excluding hydrogens is 232 g/mol. The van der Waals surface area contributed by atoms with Crippen LogP contribution in [0.3, 0.4) is 0 Å². The third-order valence-corrected chi connectivity index (χ3v) is 3.11. The minimum atomic E-state index is 0. The van der Waals surface area contributed by atoms with Gasteiger partial charge in [0.1, 0.15) is 0 Å². The van der Waals surface area contributed by atoms with Crippen molar-refractivity contribution in [1.82, 2.24) is 5.32 Å². The zero-order chi connectivity index (χ0) is 14.3. The van der Waals surface area contributed by atoms with Crippen LogP contribution in [0, 0.1) is 17.8 Å². The van der Waals surface area contributed by atoms with Crippen molar-refractivity contribution in [1.29, 1.82) is 0 Å². The average molecular weight is 271 g/mol. The highest BCUT2D eigenvalue weighted by Gasteiger charge is 2.11. The van der Waals surface area contributed by atoms with E-state index in [2.05, 4.69) is 24.1 Å². The summed E-state index contributed by atoms with van der Waals surface area (Å²) < 4.78 is 0. The van der Waals surface area contributed by atoms with E-state index in [9.17, 15) is 0 Å². The van der Waals surface area contributed by atoms with Gasteiger partial charge in [0.2, 0.25) is 0 Å². The van der Waals surface area contributed by atoms with Crippen molar-refractivity contribution in [2.45, 2.75) is 78.2 Å². The maximum atomic E-state index is 5.11. The Balaban J connectivity index is -0.000000482. The summed E-state index contributed by atoms with van der Waals surface area (Å²) in [5.74, 6) is 7.25. The maximum Gasteiger partial charge on any atom is 0.0101 e. The number of hydrogen-bond donors (Lipinski definition) is 2. The van der Waals surface area contributed by atoms with E-state index in [0.29, 0.717) is 6.04 Å². The highest BCUT2D eigenvalue weighted by Crippen LogP contribution is 2.22. The Bertz CT molecular complexity index is 238. The Morgan fingerprint density at radius 2 is 1.84 bits per heavy atom. The lowest BCUT2D eigenvalue weighted by molar-refractivity contribution is 0.342. The largest absolute Gasteiger partial charge is 0.328 e. The van der Waals surface area contributed by atoms with E-state index in [1.54, 1.807) is 0 Å². The first-order valence-corrected chi connectivity index (χ1v) is 8.08. The van der Waals surface area contributed by atoms with Crippen LogP contribution in [0.2, 0.25) is 0 Å². The lowest BCUT2D eigenvalue weighted by Gasteiger charge is -2.21. The van der Waals surface area contributed by atoms with Crippen LogP contribution in [0.15, 0.2) is 0 Å². The molecule has 0 amide bonds. The van der Waals surface area contributed by atoms with Crippen LogP contribution in [0.1, 0.15) is 75.0 Å². The molecule has 1 fully saturated rings. The fraction of sp³-hybridized carbons (Fsp3) is 0.882. The summed E-state index contributed by atoms with van der Waals surface area (Å²) in [4.78, 5) is 0. The molecule has 116 valence electrons. The van der Waals surface area contributed by atoms with Crippen molar-refractivity contribution in [3.63, 3.8) is 0 Å². The fourth-order valence-corrected chi connectivity index (χ4v) is 2.21. The molecule has 1 rings (SSSR count). The zero-order valence-corrected chi connectivity index (χ0v) is 13.3. The van der Waals surface area contributed by atoms with Gasteiger partial charge in [0.25, 0.3) is 0 Å². The molecule has 0 unspecified atom stereocenters. The first kappa shape index (κ1) is 18.5. The fourth-order valence-electron chi connectivity index (χ4n) is 2.21. The second-order valence-electron chi connectivity index (χ2n) is 5.76. The van der Waals surface area contributed by atoms with E-state index in [4.69, 9.17) is 5.73 Å². The van der Waals surface area contributed by atoms with E-state index in [1.165, 1.54) is 45.1 Å². The minimum absolute atomic E-state index is 0. The van der Waals surface area contributed by atoms with Crippen LogP contribution in [0.4, 0.5) is 0 Å². The van der Waals surface area contributed by atoms with Gasteiger partial charge in [-0.05, 0) is 44.3 Å². The maximum absolute atomic E-state index is 5.11. The van der Waals surface area contributed by atoms with Gasteiger partial charge in [0, 0.05) is 15.7 Å². The van der Waals surface area contributed by atoms with Crippen LogP contribution in [0.5, 0.6) is 0 Å². The molecule has 0 atom stereocenters. The molecule has 2 nitrogen and oxygen atoms in total. The first-order chi connectivity index (χ1) is 9.16. The van der Waals surface area contributed by atoms with E-state index in [1.807, 2.05) is 13.8 Å². The normalized spacial score (nSPS) is 15.4. The van der Waals surface area contributed by atoms with Gasteiger partial charge in [0.05, 0.1) is 0 Å². The van der Waals surface area contributed by atoms with Gasteiger partial charge in [-0.2, -0.15) is 0 Å². The van der Waals surface area contributed by atoms with E-state index in [0.717, 1.165) is 25.3 Å². The molecule has 0 saturated heterocycles. The lowest BCUT2D eigenvalue weighted by atomic mass is 9.89. The Labute approximate surface area is 123 Å². The molecule has 0 aromatic carbocycles. The highest BCUT2D eigenvalue weighted by molar-refractivity contribution is 4.97. The number of nitrogens with one attached hydrogen (secondary N) is 1. The quantitative estimate of drug-likeness (QED) is 0.580. The zero-order valence-electron chi connectivity index (χ0n) is 13.3. The molecule has 3 N–H and O–H groups in total. The van der Waals surface area contributed by atoms with Crippen molar-refractivity contribution in [2.24, 2.45) is 11.7 Å². The van der Waals surface area contributed by atoms with E-state index < -0.39 is 0 Å². The predicted molar refractivity (Wildman–Crippen MR) is 90.3 cm³/mol. The molecule has 0 radical (unpaired) electrons. The third-order valence-electron chi connectivity index (χ3n) is 3.11. The van der Waals surface area contributed by atoms with Crippen LogP contribution in [-0.4, -0.2) is 19.1 Å². The molecule has 0 aliphatic heterocycles. The van der Waals surface area contributed by atoms with Gasteiger partial charge in [-0.1, -0.05) is 40.0 Å². The Morgan fingerprint density at radius 1 is 1.21 bits per heavy atom. The smallest absolute Gasteiger partial charge is 0.0101 e. The van der Waals surface area contributed by atoms with Crippen molar-refractivity contribution in [3.8, 4) is 11.8 Å². The number of unbranched alkanes of at least 4 members (excludes halogenated alkanes) is 1. The van der Waals surface area contributed by atoms with Gasteiger partial charge in [-0.25, -0.2) is 0 Å². The molecule has 0 heterocycles. The van der Waals surface area contributed by atoms with Crippen LogP contribution in [-0.2, 0) is 0 Å². The van der Waals surface area contributed by atoms with Crippen molar-refractivity contribution < 1.29 is 2.85 Å². The van der Waals surface area contributed by atoms with E-state index in [-0.39, 0.29) is 2.85 Å². The van der Waals surface area contributed by atoms with Crippen molar-refractivity contribution in [2.75, 3.05) is 13.1 Å². The van der Waals surface area contributed by atoms with Crippen molar-refractivity contribution >= 4 is 0 Å². The van der Waals surface area contributed by atoms with E-state index >= 15 is 0 Å². The minimum Gasteiger partial charge on any atom is -0.328 e. The summed E-state index contributed by atoms with van der Waals surface area (Å²) in [6, 6.07) is 0.333. The SMILES string of the molecule is CC(C)N.CCC#CCCCNCC1CCCCC1.[HH].[HH]. The molecule has 1 aliphatic carbocycles. The van der Waals surface area contributed by atoms with Gasteiger partial charge < -0.3 is 11.1 Å². The topological polar surface area (TPSA) is 38.0 Å².